The normalized spacial score (nSPS) is 22.8. The van der Waals surface area contributed by atoms with Gasteiger partial charge in [-0.2, -0.15) is 0 Å². The van der Waals surface area contributed by atoms with Crippen molar-refractivity contribution in [3.05, 3.63) is 38.9 Å². The molecule has 7 heteroatoms. The number of nitro groups is 1. The third kappa shape index (κ3) is 3.71. The highest BCUT2D eigenvalue weighted by Crippen LogP contribution is 2.25. The monoisotopic (exact) mass is 311 g/mol. The summed E-state index contributed by atoms with van der Waals surface area (Å²) in [5.41, 5.74) is 0.151. The van der Waals surface area contributed by atoms with Gasteiger partial charge < -0.3 is 10.2 Å². The molecule has 21 heavy (non-hydrogen) atoms. The molecule has 1 saturated heterocycles. The maximum atomic E-state index is 12.2. The summed E-state index contributed by atoms with van der Waals surface area (Å²) in [6.07, 6.45) is 1.79. The SMILES string of the molecule is CC1CC(NC(=O)c2ccc([N+](=O)[O-])c(Cl)c2)CCN1C. The number of carbonyl (C=O) groups excluding carboxylic acids is 1. The van der Waals surface area contributed by atoms with Crippen molar-refractivity contribution in [1.82, 2.24) is 10.2 Å². The highest BCUT2D eigenvalue weighted by Gasteiger charge is 2.24. The van der Waals surface area contributed by atoms with E-state index in [4.69, 9.17) is 11.6 Å². The van der Waals surface area contributed by atoms with Crippen molar-refractivity contribution in [3.63, 3.8) is 0 Å². The first-order valence-corrected chi connectivity index (χ1v) is 7.21. The molecule has 1 aliphatic rings. The lowest BCUT2D eigenvalue weighted by molar-refractivity contribution is -0.384. The lowest BCUT2D eigenvalue weighted by Gasteiger charge is -2.35. The average Bonchev–Trinajstić information content (AvgIpc) is 2.42. The van der Waals surface area contributed by atoms with E-state index in [2.05, 4.69) is 24.2 Å². The fourth-order valence-electron chi connectivity index (χ4n) is 2.49. The molecule has 1 heterocycles. The molecule has 0 bridgehead atoms. The molecule has 1 aromatic rings. The second-order valence-corrected chi connectivity index (χ2v) is 5.85. The molecule has 2 atom stereocenters. The Balaban J connectivity index is 2.04. The molecule has 6 nitrogen and oxygen atoms in total. The Morgan fingerprint density at radius 3 is 2.81 bits per heavy atom. The minimum absolute atomic E-state index is 0.0237. The van der Waals surface area contributed by atoms with Gasteiger partial charge in [0, 0.05) is 30.3 Å². The molecule has 1 fully saturated rings. The fourth-order valence-corrected chi connectivity index (χ4v) is 2.73. The van der Waals surface area contributed by atoms with Crippen molar-refractivity contribution in [2.75, 3.05) is 13.6 Å². The Morgan fingerprint density at radius 2 is 2.24 bits per heavy atom. The number of hydrogen-bond donors (Lipinski definition) is 1. The Kier molecular flexibility index (Phi) is 4.80. The van der Waals surface area contributed by atoms with Gasteiger partial charge in [0.2, 0.25) is 0 Å². The highest BCUT2D eigenvalue weighted by molar-refractivity contribution is 6.33. The number of amides is 1. The number of hydrogen-bond acceptors (Lipinski definition) is 4. The summed E-state index contributed by atoms with van der Waals surface area (Å²) in [7, 11) is 2.07. The van der Waals surface area contributed by atoms with Crippen LogP contribution in [-0.4, -0.2) is 41.4 Å². The van der Waals surface area contributed by atoms with Crippen LogP contribution in [0.2, 0.25) is 5.02 Å². The fraction of sp³-hybridized carbons (Fsp3) is 0.500. The van der Waals surface area contributed by atoms with E-state index in [1.165, 1.54) is 18.2 Å². The van der Waals surface area contributed by atoms with Crippen molar-refractivity contribution < 1.29 is 9.72 Å². The molecule has 0 aromatic heterocycles. The van der Waals surface area contributed by atoms with Crippen molar-refractivity contribution in [2.45, 2.75) is 31.8 Å². The molecule has 1 amide bonds. The van der Waals surface area contributed by atoms with Crippen molar-refractivity contribution in [1.29, 1.82) is 0 Å². The Morgan fingerprint density at radius 1 is 1.52 bits per heavy atom. The predicted octanol–water partition coefficient (Wildman–Crippen LogP) is 2.46. The highest BCUT2D eigenvalue weighted by atomic mass is 35.5. The molecule has 1 N–H and O–H groups in total. The lowest BCUT2D eigenvalue weighted by atomic mass is 9.98. The van der Waals surface area contributed by atoms with Crippen LogP contribution in [0.1, 0.15) is 30.1 Å². The van der Waals surface area contributed by atoms with E-state index in [1.54, 1.807) is 0 Å². The Hall–Kier alpha value is -1.66. The zero-order valence-electron chi connectivity index (χ0n) is 12.0. The van der Waals surface area contributed by atoms with Crippen LogP contribution in [0.25, 0.3) is 0 Å². The molecule has 0 spiro atoms. The van der Waals surface area contributed by atoms with E-state index >= 15 is 0 Å². The number of halogens is 1. The number of nitrogens with zero attached hydrogens (tertiary/aromatic N) is 2. The molecule has 2 rings (SSSR count). The average molecular weight is 312 g/mol. The van der Waals surface area contributed by atoms with Gasteiger partial charge in [-0.1, -0.05) is 11.6 Å². The van der Waals surface area contributed by atoms with Crippen LogP contribution >= 0.6 is 11.6 Å². The molecule has 0 saturated carbocycles. The number of benzene rings is 1. The molecule has 1 aliphatic heterocycles. The van der Waals surface area contributed by atoms with Crippen molar-refractivity contribution in [3.8, 4) is 0 Å². The second-order valence-electron chi connectivity index (χ2n) is 5.45. The third-order valence-electron chi connectivity index (χ3n) is 3.95. The van der Waals surface area contributed by atoms with Crippen LogP contribution in [0, 0.1) is 10.1 Å². The summed E-state index contributed by atoms with van der Waals surface area (Å²) in [5.74, 6) is -0.242. The van der Waals surface area contributed by atoms with Crippen molar-refractivity contribution >= 4 is 23.2 Å². The summed E-state index contributed by atoms with van der Waals surface area (Å²) >= 11 is 5.83. The first-order chi connectivity index (χ1) is 9.88. The molecular formula is C14H18ClN3O3. The number of nitro benzene ring substituents is 1. The van der Waals surface area contributed by atoms with Gasteiger partial charge >= 0.3 is 0 Å². The molecule has 0 aliphatic carbocycles. The number of nitrogens with one attached hydrogen (secondary N) is 1. The zero-order chi connectivity index (χ0) is 15.6. The number of carbonyl (C=O) groups is 1. The largest absolute Gasteiger partial charge is 0.349 e. The van der Waals surface area contributed by atoms with E-state index in [0.717, 1.165) is 19.4 Å². The molecule has 0 radical (unpaired) electrons. The molecule has 2 unspecified atom stereocenters. The van der Waals surface area contributed by atoms with Crippen LogP contribution in [0.3, 0.4) is 0 Å². The zero-order valence-corrected chi connectivity index (χ0v) is 12.8. The van der Waals surface area contributed by atoms with Crippen LogP contribution in [0.15, 0.2) is 18.2 Å². The van der Waals surface area contributed by atoms with Gasteiger partial charge in [0.15, 0.2) is 0 Å². The maximum absolute atomic E-state index is 12.2. The summed E-state index contributed by atoms with van der Waals surface area (Å²) in [4.78, 5) is 24.6. The summed E-state index contributed by atoms with van der Waals surface area (Å²) in [5, 5.41) is 13.6. The van der Waals surface area contributed by atoms with Crippen LogP contribution in [0.4, 0.5) is 5.69 Å². The summed E-state index contributed by atoms with van der Waals surface area (Å²) in [6, 6.07) is 4.57. The molecule has 114 valence electrons. The first kappa shape index (κ1) is 15.7. The minimum atomic E-state index is -0.567. The van der Waals surface area contributed by atoms with Gasteiger partial charge in [-0.15, -0.1) is 0 Å². The Labute approximate surface area is 128 Å². The smallest absolute Gasteiger partial charge is 0.287 e. The standard InChI is InChI=1S/C14H18ClN3O3/c1-9-7-11(5-6-17(9)2)16-14(19)10-3-4-13(18(20)21)12(15)8-10/h3-4,8-9,11H,5-7H2,1-2H3,(H,16,19). The van der Waals surface area contributed by atoms with Crippen molar-refractivity contribution in [2.24, 2.45) is 0 Å². The minimum Gasteiger partial charge on any atom is -0.349 e. The predicted molar refractivity (Wildman–Crippen MR) is 80.7 cm³/mol. The summed E-state index contributed by atoms with van der Waals surface area (Å²) in [6.45, 7) is 3.06. The van der Waals surface area contributed by atoms with Gasteiger partial charge in [0.25, 0.3) is 11.6 Å². The topological polar surface area (TPSA) is 75.5 Å². The lowest BCUT2D eigenvalue weighted by Crippen LogP contribution is -2.47. The van der Waals surface area contributed by atoms with Gasteiger partial charge in [-0.25, -0.2) is 0 Å². The van der Waals surface area contributed by atoms with E-state index in [0.29, 0.717) is 11.6 Å². The molecular weight excluding hydrogens is 294 g/mol. The molecule has 1 aromatic carbocycles. The summed E-state index contributed by atoms with van der Waals surface area (Å²) < 4.78 is 0. The Bertz CT molecular complexity index is 564. The maximum Gasteiger partial charge on any atom is 0.287 e. The van der Waals surface area contributed by atoms with Crippen LogP contribution in [0.5, 0.6) is 0 Å². The number of rotatable bonds is 3. The second kappa shape index (κ2) is 6.41. The number of piperidine rings is 1. The van der Waals surface area contributed by atoms with E-state index in [-0.39, 0.29) is 22.7 Å². The van der Waals surface area contributed by atoms with Crippen LogP contribution < -0.4 is 5.32 Å². The third-order valence-corrected chi connectivity index (χ3v) is 4.25. The quantitative estimate of drug-likeness (QED) is 0.687. The van der Waals surface area contributed by atoms with E-state index < -0.39 is 4.92 Å². The van der Waals surface area contributed by atoms with Gasteiger partial charge in [0.05, 0.1) is 4.92 Å². The first-order valence-electron chi connectivity index (χ1n) is 6.83. The van der Waals surface area contributed by atoms with Gasteiger partial charge in [-0.05, 0) is 38.9 Å². The van der Waals surface area contributed by atoms with Gasteiger partial charge in [-0.3, -0.25) is 14.9 Å². The van der Waals surface area contributed by atoms with Crippen LogP contribution in [-0.2, 0) is 0 Å². The number of likely N-dealkylation sites (tertiary alicyclic amines) is 1. The van der Waals surface area contributed by atoms with E-state index in [9.17, 15) is 14.9 Å². The van der Waals surface area contributed by atoms with Gasteiger partial charge in [0.1, 0.15) is 5.02 Å². The van der Waals surface area contributed by atoms with E-state index in [1.807, 2.05) is 0 Å².